The predicted octanol–water partition coefficient (Wildman–Crippen LogP) is 5.06. The molecule has 1 N–H and O–H groups in total. The molecule has 0 fully saturated rings. The van der Waals surface area contributed by atoms with Crippen molar-refractivity contribution in [1.29, 1.82) is 0 Å². The Morgan fingerprint density at radius 1 is 0.971 bits per heavy atom. The van der Waals surface area contributed by atoms with Gasteiger partial charge in [0.15, 0.2) is 5.82 Å². The summed E-state index contributed by atoms with van der Waals surface area (Å²) in [5.41, 5.74) is 5.15. The van der Waals surface area contributed by atoms with Gasteiger partial charge in [-0.2, -0.15) is 10.1 Å². The summed E-state index contributed by atoms with van der Waals surface area (Å²) in [4.78, 5) is 22.9. The minimum Gasteiger partial charge on any atom is -0.289 e. The lowest BCUT2D eigenvalue weighted by Crippen LogP contribution is -2.14. The Bertz CT molecular complexity index is 1680. The average Bonchev–Trinajstić information content (AvgIpc) is 3.53. The van der Waals surface area contributed by atoms with E-state index in [1.165, 1.54) is 23.1 Å². The van der Waals surface area contributed by atoms with E-state index in [9.17, 15) is 4.79 Å². The number of nitrogens with one attached hydrogen (secondary N) is 1. The number of pyridine rings is 1. The van der Waals surface area contributed by atoms with Crippen molar-refractivity contribution in [2.24, 2.45) is 0 Å². The summed E-state index contributed by atoms with van der Waals surface area (Å²) in [7, 11) is 0. The zero-order valence-electron chi connectivity index (χ0n) is 18.4. The van der Waals surface area contributed by atoms with Crippen molar-refractivity contribution < 1.29 is 4.79 Å². The van der Waals surface area contributed by atoms with E-state index in [0.29, 0.717) is 22.0 Å². The maximum absolute atomic E-state index is 13.0. The van der Waals surface area contributed by atoms with Crippen LogP contribution in [0.4, 0.5) is 5.95 Å². The highest BCUT2D eigenvalue weighted by atomic mass is 32.1. The first-order valence-corrected chi connectivity index (χ1v) is 11.6. The minimum atomic E-state index is -0.320. The minimum absolute atomic E-state index is 0.251. The number of nitrogens with zero attached hydrogens (tertiary/aromatic N) is 6. The van der Waals surface area contributed by atoms with E-state index in [0.717, 1.165) is 22.2 Å². The van der Waals surface area contributed by atoms with E-state index in [1.807, 2.05) is 48.7 Å². The van der Waals surface area contributed by atoms with Gasteiger partial charge < -0.3 is 0 Å². The standard InChI is InChI=1S/C25H19N7OS/c1-15-7-9-18(10-8-15)21-14-34-25-29-24(30-32(21)25)28-23(33)19-13-26-31(16(19)2)22-12-11-17-5-3-4-6-20(17)27-22/h3-14H,1-2H3,(H,28,30,33). The topological polar surface area (TPSA) is 90.0 Å². The third-order valence-corrected chi connectivity index (χ3v) is 6.53. The summed E-state index contributed by atoms with van der Waals surface area (Å²) in [6.07, 6.45) is 1.54. The van der Waals surface area contributed by atoms with Crippen LogP contribution >= 0.6 is 11.3 Å². The van der Waals surface area contributed by atoms with Gasteiger partial charge in [-0.25, -0.2) is 14.2 Å². The van der Waals surface area contributed by atoms with Gasteiger partial charge in [-0.15, -0.1) is 16.4 Å². The SMILES string of the molecule is Cc1ccc(-c2csc3nc(NC(=O)c4cnn(-c5ccc6ccccc6n5)c4C)nn23)cc1. The van der Waals surface area contributed by atoms with Crippen LogP contribution in [0.3, 0.4) is 0 Å². The maximum Gasteiger partial charge on any atom is 0.261 e. The molecule has 4 aromatic heterocycles. The Kier molecular flexibility index (Phi) is 4.70. The highest BCUT2D eigenvalue weighted by molar-refractivity contribution is 7.15. The van der Waals surface area contributed by atoms with E-state index >= 15 is 0 Å². The van der Waals surface area contributed by atoms with Gasteiger partial charge in [0, 0.05) is 16.3 Å². The summed E-state index contributed by atoms with van der Waals surface area (Å²) in [6.45, 7) is 3.89. The molecule has 0 aliphatic rings. The fourth-order valence-corrected chi connectivity index (χ4v) is 4.69. The molecule has 0 atom stereocenters. The van der Waals surface area contributed by atoms with Crippen molar-refractivity contribution >= 4 is 39.1 Å². The number of carbonyl (C=O) groups is 1. The molecule has 34 heavy (non-hydrogen) atoms. The Morgan fingerprint density at radius 2 is 1.79 bits per heavy atom. The third-order valence-electron chi connectivity index (χ3n) is 5.71. The number of hydrogen-bond donors (Lipinski definition) is 1. The summed E-state index contributed by atoms with van der Waals surface area (Å²) in [6, 6.07) is 20.0. The zero-order valence-corrected chi connectivity index (χ0v) is 19.2. The Labute approximate surface area is 198 Å². The normalized spacial score (nSPS) is 11.4. The first-order chi connectivity index (χ1) is 16.6. The molecule has 6 aromatic rings. The van der Waals surface area contributed by atoms with Gasteiger partial charge in [0.25, 0.3) is 11.9 Å². The molecule has 8 nitrogen and oxygen atoms in total. The Balaban J connectivity index is 1.28. The van der Waals surface area contributed by atoms with Gasteiger partial charge in [-0.1, -0.05) is 48.0 Å². The first-order valence-electron chi connectivity index (χ1n) is 10.7. The van der Waals surface area contributed by atoms with Crippen LogP contribution in [0, 0.1) is 13.8 Å². The fraction of sp³-hybridized carbons (Fsp3) is 0.0800. The maximum atomic E-state index is 13.0. The number of amides is 1. The number of para-hydroxylation sites is 1. The molecule has 0 saturated carbocycles. The van der Waals surface area contributed by atoms with Gasteiger partial charge in [-0.3, -0.25) is 10.1 Å². The van der Waals surface area contributed by atoms with Crippen LogP contribution in [0.1, 0.15) is 21.6 Å². The van der Waals surface area contributed by atoms with Gasteiger partial charge in [0.2, 0.25) is 4.96 Å². The first kappa shape index (κ1) is 20.3. The highest BCUT2D eigenvalue weighted by Gasteiger charge is 2.19. The second-order valence-electron chi connectivity index (χ2n) is 7.99. The lowest BCUT2D eigenvalue weighted by Gasteiger charge is -2.06. The van der Waals surface area contributed by atoms with Crippen molar-refractivity contribution in [2.45, 2.75) is 13.8 Å². The lowest BCUT2D eigenvalue weighted by molar-refractivity contribution is 0.102. The molecule has 4 heterocycles. The molecule has 0 spiro atoms. The number of benzene rings is 2. The fourth-order valence-electron chi connectivity index (χ4n) is 3.86. The molecule has 0 bridgehead atoms. The van der Waals surface area contributed by atoms with Crippen LogP contribution in [0.15, 0.2) is 72.2 Å². The molecule has 9 heteroatoms. The quantitative estimate of drug-likeness (QED) is 0.393. The highest BCUT2D eigenvalue weighted by Crippen LogP contribution is 2.26. The van der Waals surface area contributed by atoms with E-state index in [1.54, 1.807) is 9.20 Å². The van der Waals surface area contributed by atoms with Crippen LogP contribution in [-0.4, -0.2) is 35.3 Å². The molecule has 166 valence electrons. The molecule has 1 amide bonds. The van der Waals surface area contributed by atoms with Crippen LogP contribution in [0.5, 0.6) is 0 Å². The monoisotopic (exact) mass is 465 g/mol. The third kappa shape index (κ3) is 3.43. The summed E-state index contributed by atoms with van der Waals surface area (Å²) >= 11 is 1.48. The number of anilines is 1. The van der Waals surface area contributed by atoms with Crippen molar-refractivity contribution in [2.75, 3.05) is 5.32 Å². The molecule has 0 radical (unpaired) electrons. The predicted molar refractivity (Wildman–Crippen MR) is 133 cm³/mol. The van der Waals surface area contributed by atoms with Gasteiger partial charge in [-0.05, 0) is 32.0 Å². The van der Waals surface area contributed by atoms with Crippen molar-refractivity contribution in [3.8, 4) is 17.1 Å². The Hall–Kier alpha value is -4.37. The van der Waals surface area contributed by atoms with Crippen molar-refractivity contribution in [1.82, 2.24) is 29.4 Å². The number of rotatable bonds is 4. The Morgan fingerprint density at radius 3 is 2.65 bits per heavy atom. The van der Waals surface area contributed by atoms with Crippen LogP contribution in [0.2, 0.25) is 0 Å². The number of hydrogen-bond acceptors (Lipinski definition) is 6. The number of fused-ring (bicyclic) bond motifs is 2. The molecule has 0 unspecified atom stereocenters. The number of carbonyl (C=O) groups excluding carboxylic acids is 1. The zero-order chi connectivity index (χ0) is 23.2. The number of thiazole rings is 1. The second kappa shape index (κ2) is 7.89. The number of aromatic nitrogens is 6. The molecule has 6 rings (SSSR count). The van der Waals surface area contributed by atoms with E-state index in [4.69, 9.17) is 0 Å². The lowest BCUT2D eigenvalue weighted by atomic mass is 10.1. The number of aryl methyl sites for hydroxylation is 1. The van der Waals surface area contributed by atoms with Gasteiger partial charge in [0.1, 0.15) is 0 Å². The summed E-state index contributed by atoms with van der Waals surface area (Å²) in [5.74, 6) is 0.583. The smallest absolute Gasteiger partial charge is 0.261 e. The molecule has 0 aliphatic carbocycles. The van der Waals surface area contributed by atoms with Crippen molar-refractivity contribution in [3.05, 3.63) is 89.1 Å². The van der Waals surface area contributed by atoms with E-state index in [2.05, 4.69) is 56.7 Å². The summed E-state index contributed by atoms with van der Waals surface area (Å²) < 4.78 is 3.41. The van der Waals surface area contributed by atoms with E-state index in [-0.39, 0.29) is 11.9 Å². The van der Waals surface area contributed by atoms with Gasteiger partial charge >= 0.3 is 0 Å². The van der Waals surface area contributed by atoms with E-state index < -0.39 is 0 Å². The molecule has 2 aromatic carbocycles. The molecule has 0 aliphatic heterocycles. The molecule has 0 saturated heterocycles. The van der Waals surface area contributed by atoms with Crippen LogP contribution in [-0.2, 0) is 0 Å². The van der Waals surface area contributed by atoms with Crippen LogP contribution < -0.4 is 5.32 Å². The van der Waals surface area contributed by atoms with Crippen LogP contribution in [0.25, 0.3) is 32.9 Å². The molecular formula is C25H19N7OS. The largest absolute Gasteiger partial charge is 0.289 e. The van der Waals surface area contributed by atoms with Crippen molar-refractivity contribution in [3.63, 3.8) is 0 Å². The summed E-state index contributed by atoms with van der Waals surface area (Å²) in [5, 5.41) is 14.8. The average molecular weight is 466 g/mol. The van der Waals surface area contributed by atoms with Gasteiger partial charge in [0.05, 0.1) is 28.7 Å². The second-order valence-corrected chi connectivity index (χ2v) is 8.83. The molecular weight excluding hydrogens is 446 g/mol.